The summed E-state index contributed by atoms with van der Waals surface area (Å²) in [4.78, 5) is 15.0. The molecule has 0 aliphatic heterocycles. The average Bonchev–Trinajstić information content (AvgIpc) is 3.75. The molecular formula is C39H21N5S. The molecule has 0 radical (unpaired) electrons. The summed E-state index contributed by atoms with van der Waals surface area (Å²) in [5.41, 5.74) is 9.43. The van der Waals surface area contributed by atoms with Crippen LogP contribution in [0.25, 0.3) is 96.9 Å². The van der Waals surface area contributed by atoms with Crippen molar-refractivity contribution in [1.29, 1.82) is 0 Å². The van der Waals surface area contributed by atoms with E-state index in [4.69, 9.17) is 15.0 Å². The minimum absolute atomic E-state index is 0.732. The lowest BCUT2D eigenvalue weighted by Gasteiger charge is -2.05. The molecule has 14 aromatic rings. The van der Waals surface area contributed by atoms with Crippen molar-refractivity contribution in [2.75, 3.05) is 0 Å². The summed E-state index contributed by atoms with van der Waals surface area (Å²) in [7, 11) is 0. The summed E-state index contributed by atoms with van der Waals surface area (Å²) >= 11 is 1.74. The van der Waals surface area contributed by atoms with Gasteiger partial charge in [-0.1, -0.05) is 54.6 Å². The standard InChI is InChI=1S/C39H21N5S/c1-3-7-31-27(5-1)30-20-40-36-28-6-2-4-8-32(28)44-26-16-11-23(12-17-26)39-41-21-34-35(42-39)29-19-24(13-18-33(29)45-34)22-9-14-25(15-10-22)43(31)37(30)38(36)44/h1-21H. The number of nitrogens with zero attached hydrogens (tertiary/aromatic N) is 5. The van der Waals surface area contributed by atoms with Crippen LogP contribution in [0.4, 0.5) is 0 Å². The maximum Gasteiger partial charge on any atom is 0.159 e. The second-order valence-corrected chi connectivity index (χ2v) is 12.8. The van der Waals surface area contributed by atoms with Gasteiger partial charge in [-0.05, 0) is 71.4 Å². The van der Waals surface area contributed by atoms with E-state index >= 15 is 0 Å². The van der Waals surface area contributed by atoms with E-state index in [0.29, 0.717) is 0 Å². The second kappa shape index (κ2) is 8.40. The molecule has 9 aromatic heterocycles. The third kappa shape index (κ3) is 3.08. The molecule has 208 valence electrons. The molecule has 14 rings (SSSR count). The van der Waals surface area contributed by atoms with E-state index in [9.17, 15) is 0 Å². The van der Waals surface area contributed by atoms with Crippen molar-refractivity contribution in [2.24, 2.45) is 0 Å². The summed E-state index contributed by atoms with van der Waals surface area (Å²) in [6.07, 6.45) is 4.02. The Morgan fingerprint density at radius 1 is 0.467 bits per heavy atom. The number of pyridine rings is 1. The van der Waals surface area contributed by atoms with Crippen LogP contribution in [0.5, 0.6) is 0 Å². The van der Waals surface area contributed by atoms with Gasteiger partial charge < -0.3 is 8.80 Å². The Kier molecular flexibility index (Phi) is 4.41. The van der Waals surface area contributed by atoms with Crippen molar-refractivity contribution in [3.05, 3.63) is 128 Å². The zero-order chi connectivity index (χ0) is 29.2. The van der Waals surface area contributed by atoms with Crippen LogP contribution in [-0.4, -0.2) is 23.8 Å². The van der Waals surface area contributed by atoms with Crippen LogP contribution in [0.15, 0.2) is 128 Å². The van der Waals surface area contributed by atoms with Gasteiger partial charge in [-0.25, -0.2) is 9.97 Å². The Morgan fingerprint density at radius 2 is 1.13 bits per heavy atom. The lowest BCUT2D eigenvalue weighted by molar-refractivity contribution is 1.29. The molecule has 8 bridgehead atoms. The number of thiophene rings is 1. The normalized spacial score (nSPS) is 12.4. The molecule has 45 heavy (non-hydrogen) atoms. The minimum atomic E-state index is 0.732. The lowest BCUT2D eigenvalue weighted by Crippen LogP contribution is -1.90. The maximum atomic E-state index is 5.12. The van der Waals surface area contributed by atoms with E-state index in [2.05, 4.69) is 130 Å². The van der Waals surface area contributed by atoms with Crippen LogP contribution in [-0.2, 0) is 0 Å². The predicted octanol–water partition coefficient (Wildman–Crippen LogP) is 10.2. The highest BCUT2D eigenvalue weighted by atomic mass is 32.1. The summed E-state index contributed by atoms with van der Waals surface area (Å²) in [6, 6.07) is 41.5. The first kappa shape index (κ1) is 23.6. The Balaban J connectivity index is 1.46. The predicted molar refractivity (Wildman–Crippen MR) is 188 cm³/mol. The molecule has 5 aromatic carbocycles. The van der Waals surface area contributed by atoms with Gasteiger partial charge in [-0.15, -0.1) is 11.3 Å². The van der Waals surface area contributed by atoms with Gasteiger partial charge in [-0.2, -0.15) is 0 Å². The van der Waals surface area contributed by atoms with E-state index in [1.54, 1.807) is 11.3 Å². The van der Waals surface area contributed by atoms with E-state index in [0.717, 1.165) is 70.6 Å². The largest absolute Gasteiger partial charge is 0.307 e. The molecule has 0 spiro atoms. The second-order valence-electron chi connectivity index (χ2n) is 11.7. The van der Waals surface area contributed by atoms with Crippen LogP contribution in [0, 0.1) is 0 Å². The first-order chi connectivity index (χ1) is 22.3. The van der Waals surface area contributed by atoms with Gasteiger partial charge in [0.05, 0.1) is 37.8 Å². The molecule has 0 saturated carbocycles. The molecule has 0 amide bonds. The Labute approximate surface area is 258 Å². The van der Waals surface area contributed by atoms with E-state index in [1.807, 2.05) is 6.20 Å². The highest BCUT2D eigenvalue weighted by molar-refractivity contribution is 7.25. The van der Waals surface area contributed by atoms with Gasteiger partial charge >= 0.3 is 0 Å². The van der Waals surface area contributed by atoms with Crippen molar-refractivity contribution >= 4 is 108 Å². The summed E-state index contributed by atoms with van der Waals surface area (Å²) in [5.74, 6) is 0. The smallest absolute Gasteiger partial charge is 0.159 e. The molecule has 0 N–H and O–H groups in total. The maximum absolute atomic E-state index is 5.12. The number of hydrogen-bond donors (Lipinski definition) is 0. The molecule has 0 saturated heterocycles. The molecule has 0 unspecified atom stereocenters. The quantitative estimate of drug-likeness (QED) is 0.176. The van der Waals surface area contributed by atoms with Crippen LogP contribution >= 0.6 is 11.3 Å². The van der Waals surface area contributed by atoms with E-state index in [-0.39, 0.29) is 0 Å². The molecule has 0 fully saturated rings. The van der Waals surface area contributed by atoms with E-state index < -0.39 is 0 Å². The van der Waals surface area contributed by atoms with Crippen molar-refractivity contribution in [1.82, 2.24) is 23.8 Å². The fourth-order valence-corrected chi connectivity index (χ4v) is 8.30. The SMILES string of the molecule is c1ccc2c(c1)c1cnc3c4ccccc4n4c5ccc(cc5)c5ncc6sc7ccc(cc7c6n5)c5ccc(cc5)n2c1c34. The molecule has 6 heteroatoms. The van der Waals surface area contributed by atoms with Gasteiger partial charge in [-0.3, -0.25) is 4.98 Å². The summed E-state index contributed by atoms with van der Waals surface area (Å²) < 4.78 is 7.10. The third-order valence-electron chi connectivity index (χ3n) is 9.36. The number of aromatic nitrogens is 5. The fourth-order valence-electron chi connectivity index (χ4n) is 7.31. The van der Waals surface area contributed by atoms with Crippen molar-refractivity contribution in [3.63, 3.8) is 0 Å². The summed E-state index contributed by atoms with van der Waals surface area (Å²) in [5, 5.41) is 7.96. The molecule has 5 nitrogen and oxygen atoms in total. The first-order valence-corrected chi connectivity index (χ1v) is 15.8. The third-order valence-corrected chi connectivity index (χ3v) is 10.5. The van der Waals surface area contributed by atoms with Gasteiger partial charge in [0.1, 0.15) is 0 Å². The Hall–Kier alpha value is -5.85. The van der Waals surface area contributed by atoms with Gasteiger partial charge in [0.15, 0.2) is 5.65 Å². The van der Waals surface area contributed by atoms with Gasteiger partial charge in [0.25, 0.3) is 0 Å². The van der Waals surface area contributed by atoms with E-state index in [1.165, 1.54) is 26.2 Å². The molecular weight excluding hydrogens is 571 g/mol. The van der Waals surface area contributed by atoms with Crippen LogP contribution in [0.3, 0.4) is 0 Å². The highest BCUT2D eigenvalue weighted by Gasteiger charge is 2.19. The summed E-state index contributed by atoms with van der Waals surface area (Å²) in [6.45, 7) is 0. The number of para-hydroxylation sites is 2. The Bertz CT molecular complexity index is 2860. The van der Waals surface area contributed by atoms with Crippen LogP contribution in [0.2, 0.25) is 0 Å². The Morgan fingerprint density at radius 3 is 1.93 bits per heavy atom. The highest BCUT2D eigenvalue weighted by Crippen LogP contribution is 2.38. The van der Waals surface area contributed by atoms with Crippen LogP contribution < -0.4 is 0 Å². The number of rotatable bonds is 0. The van der Waals surface area contributed by atoms with Gasteiger partial charge in [0, 0.05) is 55.1 Å². The lowest BCUT2D eigenvalue weighted by atomic mass is 10.1. The fraction of sp³-hybridized carbons (Fsp3) is 0. The number of benzene rings is 5. The van der Waals surface area contributed by atoms with Crippen molar-refractivity contribution in [3.8, 4) is 0 Å². The molecule has 9 heterocycles. The van der Waals surface area contributed by atoms with Crippen molar-refractivity contribution in [2.45, 2.75) is 0 Å². The molecule has 0 aliphatic rings. The van der Waals surface area contributed by atoms with Crippen LogP contribution in [0.1, 0.15) is 0 Å². The minimum Gasteiger partial charge on any atom is -0.307 e. The van der Waals surface area contributed by atoms with Crippen molar-refractivity contribution < 1.29 is 0 Å². The topological polar surface area (TPSA) is 47.5 Å². The monoisotopic (exact) mass is 591 g/mol. The number of hydrogen-bond acceptors (Lipinski definition) is 4. The molecule has 0 aliphatic carbocycles. The first-order valence-electron chi connectivity index (χ1n) is 15.0. The molecule has 0 atom stereocenters. The number of fused-ring (bicyclic) bond motifs is 4. The average molecular weight is 592 g/mol. The zero-order valence-electron chi connectivity index (χ0n) is 23.8. The van der Waals surface area contributed by atoms with Gasteiger partial charge in [0.2, 0.25) is 0 Å². The zero-order valence-corrected chi connectivity index (χ0v) is 24.6.